The van der Waals surface area contributed by atoms with Gasteiger partial charge in [-0.1, -0.05) is 16.4 Å². The van der Waals surface area contributed by atoms with Crippen LogP contribution < -0.4 is 27.0 Å². The van der Waals surface area contributed by atoms with E-state index in [1.807, 2.05) is 0 Å². The van der Waals surface area contributed by atoms with Crippen molar-refractivity contribution in [3.8, 4) is 11.1 Å². The summed E-state index contributed by atoms with van der Waals surface area (Å²) in [7, 11) is -5.10. The number of halogens is 1. The monoisotopic (exact) mass is 552 g/mol. The average molecular weight is 552 g/mol. The predicted octanol–water partition coefficient (Wildman–Crippen LogP) is 1.60. The Morgan fingerprint density at radius 1 is 1.18 bits per heavy atom. The van der Waals surface area contributed by atoms with Crippen molar-refractivity contribution in [3.63, 3.8) is 0 Å². The molecule has 17 heteroatoms. The van der Waals surface area contributed by atoms with E-state index in [1.165, 1.54) is 23.4 Å². The lowest BCUT2D eigenvalue weighted by atomic mass is 10.0. The first-order chi connectivity index (χ1) is 17.2. The largest absolute Gasteiger partial charge is 0.790 e. The van der Waals surface area contributed by atoms with Gasteiger partial charge in [0, 0.05) is 29.9 Å². The van der Waals surface area contributed by atoms with Crippen molar-refractivity contribution in [2.75, 3.05) is 18.1 Å². The zero-order valence-corrected chi connectivity index (χ0v) is 21.4. The number of anilines is 1. The third kappa shape index (κ3) is 6.55. The maximum Gasteiger partial charge on any atom is 0.414 e. The summed E-state index contributed by atoms with van der Waals surface area (Å²) >= 11 is 0. The Kier molecular flexibility index (Phi) is 8.88. The SMILES string of the molecule is O=C1O[C@@H](Cn2ccnn2)CN1c1ccc(-c2ccc(C3=NO[C@H](COP(=O)([O-])[O-])C3)nc2)c(F)c1.[NH4+].[NH4+]. The van der Waals surface area contributed by atoms with Gasteiger partial charge in [0.05, 0.1) is 45.1 Å². The summed E-state index contributed by atoms with van der Waals surface area (Å²) in [5.74, 6) is -0.548. The van der Waals surface area contributed by atoms with Gasteiger partial charge in [0.15, 0.2) is 6.10 Å². The van der Waals surface area contributed by atoms with E-state index < -0.39 is 38.5 Å². The molecule has 2 atom stereocenters. The van der Waals surface area contributed by atoms with Crippen molar-refractivity contribution in [1.29, 1.82) is 0 Å². The lowest BCUT2D eigenvalue weighted by Crippen LogP contribution is -2.26. The van der Waals surface area contributed by atoms with Gasteiger partial charge in [-0.05, 0) is 24.3 Å². The Labute approximate surface area is 215 Å². The first kappa shape index (κ1) is 28.8. The Bertz CT molecular complexity index is 1340. The summed E-state index contributed by atoms with van der Waals surface area (Å²) in [5, 5.41) is 11.4. The normalized spacial score (nSPS) is 18.8. The molecule has 8 N–H and O–H groups in total. The summed E-state index contributed by atoms with van der Waals surface area (Å²) in [5.41, 5.74) is 2.02. The van der Waals surface area contributed by atoms with Crippen LogP contribution >= 0.6 is 7.82 Å². The van der Waals surface area contributed by atoms with Crippen LogP contribution in [-0.2, 0) is 25.2 Å². The molecule has 0 unspecified atom stereocenters. The third-order valence-corrected chi connectivity index (χ3v) is 5.99. The number of carbonyl (C=O) groups is 1. The second-order valence-electron chi connectivity index (χ2n) is 8.05. The van der Waals surface area contributed by atoms with Crippen LogP contribution in [0.25, 0.3) is 11.1 Å². The highest BCUT2D eigenvalue weighted by molar-refractivity contribution is 7.43. The summed E-state index contributed by atoms with van der Waals surface area (Å²) < 4.78 is 36.7. The number of phosphoric ester groups is 1. The fourth-order valence-corrected chi connectivity index (χ4v) is 4.19. The van der Waals surface area contributed by atoms with E-state index in [9.17, 15) is 23.5 Å². The second kappa shape index (κ2) is 11.7. The smallest absolute Gasteiger partial charge is 0.414 e. The lowest BCUT2D eigenvalue weighted by molar-refractivity contribution is -0.342. The molecule has 38 heavy (non-hydrogen) atoms. The molecule has 3 aromatic rings. The minimum absolute atomic E-state index is 0. The molecule has 0 bridgehead atoms. The van der Waals surface area contributed by atoms with Gasteiger partial charge < -0.3 is 40.8 Å². The van der Waals surface area contributed by atoms with Crippen LogP contribution in [0.2, 0.25) is 0 Å². The molecule has 1 aromatic carbocycles. The van der Waals surface area contributed by atoms with Crippen LogP contribution in [0.3, 0.4) is 0 Å². The van der Waals surface area contributed by atoms with Gasteiger partial charge in [-0.25, -0.2) is 13.9 Å². The van der Waals surface area contributed by atoms with Crippen molar-refractivity contribution in [1.82, 2.24) is 32.3 Å². The molecule has 2 aliphatic rings. The number of aromatic nitrogens is 4. The summed E-state index contributed by atoms with van der Waals surface area (Å²) in [6.07, 6.45) is 3.09. The van der Waals surface area contributed by atoms with Crippen molar-refractivity contribution < 1.29 is 37.6 Å². The number of ether oxygens (including phenoxy) is 1. The summed E-state index contributed by atoms with van der Waals surface area (Å²) in [4.78, 5) is 44.2. The molecule has 1 fully saturated rings. The molecule has 15 nitrogen and oxygen atoms in total. The van der Waals surface area contributed by atoms with Gasteiger partial charge in [0.1, 0.15) is 17.6 Å². The molecule has 4 heterocycles. The number of amides is 1. The quantitative estimate of drug-likeness (QED) is 0.382. The number of oxime groups is 1. The molecule has 0 spiro atoms. The van der Waals surface area contributed by atoms with E-state index in [0.717, 1.165) is 0 Å². The number of hydrogen-bond acceptors (Lipinski definition) is 11. The van der Waals surface area contributed by atoms with Crippen molar-refractivity contribution in [3.05, 3.63) is 60.4 Å². The zero-order valence-electron chi connectivity index (χ0n) is 20.5. The molecule has 0 radical (unpaired) electrons. The fraction of sp³-hybridized carbons (Fsp3) is 0.286. The minimum Gasteiger partial charge on any atom is -0.790 e. The topological polar surface area (TPSA) is 240 Å². The second-order valence-corrected chi connectivity index (χ2v) is 9.20. The molecule has 2 aliphatic heterocycles. The predicted molar refractivity (Wildman–Crippen MR) is 129 cm³/mol. The first-order valence-corrected chi connectivity index (χ1v) is 12.2. The van der Waals surface area contributed by atoms with Crippen molar-refractivity contribution in [2.45, 2.75) is 25.2 Å². The zero-order chi connectivity index (χ0) is 25.3. The van der Waals surface area contributed by atoms with Crippen molar-refractivity contribution in [2.24, 2.45) is 5.16 Å². The molecule has 1 saturated heterocycles. The van der Waals surface area contributed by atoms with E-state index in [1.54, 1.807) is 35.1 Å². The Morgan fingerprint density at radius 2 is 2.00 bits per heavy atom. The minimum atomic E-state index is -5.10. The van der Waals surface area contributed by atoms with E-state index in [-0.39, 0.29) is 30.8 Å². The number of rotatable bonds is 8. The number of pyridine rings is 1. The van der Waals surface area contributed by atoms with Crippen LogP contribution in [0.15, 0.2) is 54.1 Å². The maximum atomic E-state index is 15.0. The maximum absolute atomic E-state index is 15.0. The van der Waals surface area contributed by atoms with Gasteiger partial charge in [-0.15, -0.1) is 5.10 Å². The molecule has 1 amide bonds. The summed E-state index contributed by atoms with van der Waals surface area (Å²) in [6.45, 7) is 0.132. The van der Waals surface area contributed by atoms with E-state index in [0.29, 0.717) is 29.2 Å². The number of cyclic esters (lactones) is 1. The molecule has 0 saturated carbocycles. The number of phosphoric acid groups is 1. The van der Waals surface area contributed by atoms with Gasteiger partial charge in [0.2, 0.25) is 0 Å². The van der Waals surface area contributed by atoms with Crippen molar-refractivity contribution >= 4 is 25.3 Å². The first-order valence-electron chi connectivity index (χ1n) is 10.7. The standard InChI is InChI=1S/C21H20FN6O7P.2H3N/c22-18-7-14(28-11-16(34-21(28)29)10-27-6-5-24-26-27)2-3-17(18)13-1-4-19(23-9-13)20-8-15(35-25-20)12-33-36(30,31)32;;/h1-7,9,15-16H,8,10-12H2,(H2,30,31,32);2*1H3/t15-,16-;;/m0../s1. The van der Waals surface area contributed by atoms with E-state index in [4.69, 9.17) is 9.57 Å². The highest BCUT2D eigenvalue weighted by atomic mass is 31.2. The van der Waals surface area contributed by atoms with Crippen LogP contribution in [0.1, 0.15) is 12.1 Å². The lowest BCUT2D eigenvalue weighted by Gasteiger charge is -2.29. The molecule has 2 aromatic heterocycles. The van der Waals surface area contributed by atoms with Crippen LogP contribution in [-0.4, -0.2) is 57.1 Å². The van der Waals surface area contributed by atoms with Crippen LogP contribution in [0.4, 0.5) is 14.9 Å². The van der Waals surface area contributed by atoms with E-state index >= 15 is 0 Å². The average Bonchev–Trinajstić information content (AvgIpc) is 3.59. The molecule has 0 aliphatic carbocycles. The molecular formula is C21H26FN8O7P. The Hall–Kier alpha value is -3.79. The number of quaternary nitrogens is 2. The van der Waals surface area contributed by atoms with Gasteiger partial charge in [0.25, 0.3) is 0 Å². The highest BCUT2D eigenvalue weighted by Crippen LogP contribution is 2.30. The number of benzene rings is 1. The molecular weight excluding hydrogens is 526 g/mol. The summed E-state index contributed by atoms with van der Waals surface area (Å²) in [6, 6.07) is 7.69. The van der Waals surface area contributed by atoms with Crippen LogP contribution in [0.5, 0.6) is 0 Å². The fourth-order valence-electron chi connectivity index (χ4n) is 3.84. The van der Waals surface area contributed by atoms with Crippen LogP contribution in [0, 0.1) is 5.82 Å². The number of hydrogen-bond donors (Lipinski definition) is 2. The third-order valence-electron chi connectivity index (χ3n) is 5.52. The number of carbonyl (C=O) groups excluding carboxylic acids is 1. The highest BCUT2D eigenvalue weighted by Gasteiger charge is 2.33. The molecule has 5 rings (SSSR count). The number of nitrogens with zero attached hydrogens (tertiary/aromatic N) is 6. The van der Waals surface area contributed by atoms with Gasteiger partial charge in [-0.3, -0.25) is 9.88 Å². The Balaban J connectivity index is 0.00000200. The van der Waals surface area contributed by atoms with E-state index in [2.05, 4.69) is 25.0 Å². The molecule has 204 valence electrons. The van der Waals surface area contributed by atoms with Gasteiger partial charge >= 0.3 is 6.09 Å². The van der Waals surface area contributed by atoms with Gasteiger partial charge in [-0.2, -0.15) is 0 Å². The Morgan fingerprint density at radius 3 is 2.66 bits per heavy atom.